The fraction of sp³-hybridized carbons (Fsp3) is 0.227. The first kappa shape index (κ1) is 21.9. The number of hydrogen-bond donors (Lipinski definition) is 1. The maximum Gasteiger partial charge on any atom is 0.240 e. The van der Waals surface area contributed by atoms with E-state index >= 15 is 0 Å². The molecule has 0 saturated carbocycles. The van der Waals surface area contributed by atoms with Gasteiger partial charge in [0.25, 0.3) is 0 Å². The van der Waals surface area contributed by atoms with E-state index in [-0.39, 0.29) is 19.7 Å². The van der Waals surface area contributed by atoms with Gasteiger partial charge in [-0.3, -0.25) is 9.10 Å². The van der Waals surface area contributed by atoms with Crippen LogP contribution in [0.15, 0.2) is 60.7 Å². The van der Waals surface area contributed by atoms with E-state index in [1.165, 1.54) is 0 Å². The van der Waals surface area contributed by atoms with E-state index in [4.69, 9.17) is 16.3 Å². The number of halogens is 1. The summed E-state index contributed by atoms with van der Waals surface area (Å²) in [6.45, 7) is 1.89. The summed E-state index contributed by atoms with van der Waals surface area (Å²) in [5.74, 6) is 0.275. The van der Waals surface area contributed by atoms with Crippen molar-refractivity contribution in [1.82, 2.24) is 5.32 Å². The van der Waals surface area contributed by atoms with Crippen molar-refractivity contribution in [3.05, 3.63) is 71.2 Å². The number of nitrogens with zero attached hydrogens (tertiary/aromatic N) is 1. The SMILES string of the molecule is Cc1c(Cl)cccc1N(CC(=O)NCCOc1ccc2ccccc2c1)S(C)(=O)=O. The predicted molar refractivity (Wildman–Crippen MR) is 121 cm³/mol. The molecule has 1 amide bonds. The van der Waals surface area contributed by atoms with Crippen LogP contribution in [0.3, 0.4) is 0 Å². The van der Waals surface area contributed by atoms with Crippen molar-refractivity contribution < 1.29 is 17.9 Å². The smallest absolute Gasteiger partial charge is 0.240 e. The van der Waals surface area contributed by atoms with E-state index in [1.54, 1.807) is 25.1 Å². The van der Waals surface area contributed by atoms with Crippen LogP contribution in [0, 0.1) is 6.92 Å². The van der Waals surface area contributed by atoms with Crippen LogP contribution in [-0.2, 0) is 14.8 Å². The standard InChI is InChI=1S/C22H23ClN2O4S/c1-16-20(23)8-5-9-21(16)25(30(2,27)28)15-22(26)24-12-13-29-19-11-10-17-6-3-4-7-18(17)14-19/h3-11,14H,12-13,15H2,1-2H3,(H,24,26). The number of carbonyl (C=O) groups is 1. The van der Waals surface area contributed by atoms with Gasteiger partial charge >= 0.3 is 0 Å². The Labute approximate surface area is 181 Å². The zero-order valence-corrected chi connectivity index (χ0v) is 18.3. The number of nitrogens with one attached hydrogen (secondary N) is 1. The van der Waals surface area contributed by atoms with Crippen LogP contribution in [0.2, 0.25) is 5.02 Å². The van der Waals surface area contributed by atoms with Crippen LogP contribution in [-0.4, -0.2) is 40.3 Å². The number of benzene rings is 3. The molecule has 1 N–H and O–H groups in total. The Morgan fingerprint density at radius 1 is 1.07 bits per heavy atom. The summed E-state index contributed by atoms with van der Waals surface area (Å²) in [6, 6.07) is 18.7. The van der Waals surface area contributed by atoms with Gasteiger partial charge in [-0.05, 0) is 47.5 Å². The van der Waals surface area contributed by atoms with Gasteiger partial charge in [-0.2, -0.15) is 0 Å². The maximum absolute atomic E-state index is 12.4. The molecule has 0 fully saturated rings. The van der Waals surface area contributed by atoms with Crippen molar-refractivity contribution in [3.63, 3.8) is 0 Å². The summed E-state index contributed by atoms with van der Waals surface area (Å²) < 4.78 is 31.2. The minimum Gasteiger partial charge on any atom is -0.492 e. The highest BCUT2D eigenvalue weighted by molar-refractivity contribution is 7.92. The molecular formula is C22H23ClN2O4S. The lowest BCUT2D eigenvalue weighted by atomic mass is 10.1. The van der Waals surface area contributed by atoms with Crippen molar-refractivity contribution in [3.8, 4) is 5.75 Å². The number of carbonyl (C=O) groups excluding carboxylic acids is 1. The molecule has 0 atom stereocenters. The molecule has 158 valence electrons. The minimum atomic E-state index is -3.66. The van der Waals surface area contributed by atoms with E-state index in [0.29, 0.717) is 22.0 Å². The monoisotopic (exact) mass is 446 g/mol. The zero-order valence-electron chi connectivity index (χ0n) is 16.8. The average molecular weight is 447 g/mol. The van der Waals surface area contributed by atoms with Crippen molar-refractivity contribution >= 4 is 44.0 Å². The topological polar surface area (TPSA) is 75.7 Å². The lowest BCUT2D eigenvalue weighted by Gasteiger charge is -2.24. The number of hydrogen-bond acceptors (Lipinski definition) is 4. The van der Waals surface area contributed by atoms with Gasteiger partial charge in [-0.15, -0.1) is 0 Å². The van der Waals surface area contributed by atoms with Crippen LogP contribution in [0.1, 0.15) is 5.56 Å². The zero-order chi connectivity index (χ0) is 21.7. The predicted octanol–water partition coefficient (Wildman–Crippen LogP) is 3.76. The van der Waals surface area contributed by atoms with Gasteiger partial charge in [0.15, 0.2) is 0 Å². The first-order valence-corrected chi connectivity index (χ1v) is 11.6. The average Bonchev–Trinajstić information content (AvgIpc) is 2.71. The number of rotatable bonds is 8. The van der Waals surface area contributed by atoms with Gasteiger partial charge in [0.1, 0.15) is 18.9 Å². The fourth-order valence-electron chi connectivity index (χ4n) is 3.05. The molecule has 6 nitrogen and oxygen atoms in total. The molecule has 0 saturated heterocycles. The Balaban J connectivity index is 1.57. The molecule has 0 aliphatic rings. The Hall–Kier alpha value is -2.77. The lowest BCUT2D eigenvalue weighted by molar-refractivity contribution is -0.119. The maximum atomic E-state index is 12.4. The van der Waals surface area contributed by atoms with Crippen LogP contribution in [0.25, 0.3) is 10.8 Å². The van der Waals surface area contributed by atoms with Gasteiger partial charge in [0.2, 0.25) is 15.9 Å². The quantitative estimate of drug-likeness (QED) is 0.534. The molecule has 0 aromatic heterocycles. The normalized spacial score (nSPS) is 11.3. The van der Waals surface area contributed by atoms with Gasteiger partial charge in [0.05, 0.1) is 18.5 Å². The summed E-state index contributed by atoms with van der Waals surface area (Å²) in [4.78, 5) is 12.4. The van der Waals surface area contributed by atoms with Crippen LogP contribution < -0.4 is 14.4 Å². The minimum absolute atomic E-state index is 0.248. The summed E-state index contributed by atoms with van der Waals surface area (Å²) >= 11 is 6.10. The van der Waals surface area contributed by atoms with E-state index < -0.39 is 15.9 Å². The van der Waals surface area contributed by atoms with E-state index in [2.05, 4.69) is 5.32 Å². The Morgan fingerprint density at radius 3 is 2.53 bits per heavy atom. The lowest BCUT2D eigenvalue weighted by Crippen LogP contribution is -2.41. The number of anilines is 1. The van der Waals surface area contributed by atoms with E-state index in [9.17, 15) is 13.2 Å². The molecule has 0 heterocycles. The molecule has 0 bridgehead atoms. The second-order valence-corrected chi connectivity index (χ2v) is 9.17. The van der Waals surface area contributed by atoms with E-state index in [1.807, 2.05) is 42.5 Å². The molecule has 8 heteroatoms. The molecule has 0 unspecified atom stereocenters. The second kappa shape index (κ2) is 9.36. The molecule has 0 spiro atoms. The van der Waals surface area contributed by atoms with Crippen LogP contribution in [0.5, 0.6) is 5.75 Å². The Kier molecular flexibility index (Phi) is 6.84. The summed E-state index contributed by atoms with van der Waals surface area (Å²) in [7, 11) is -3.66. The van der Waals surface area contributed by atoms with Crippen LogP contribution >= 0.6 is 11.6 Å². The van der Waals surface area contributed by atoms with Crippen molar-refractivity contribution in [2.24, 2.45) is 0 Å². The molecule has 0 aliphatic carbocycles. The summed E-state index contributed by atoms with van der Waals surface area (Å²) in [5.41, 5.74) is 0.976. The molecular weight excluding hydrogens is 424 g/mol. The third-order valence-corrected chi connectivity index (χ3v) is 6.15. The molecule has 0 radical (unpaired) electrons. The second-order valence-electron chi connectivity index (χ2n) is 6.86. The van der Waals surface area contributed by atoms with Crippen molar-refractivity contribution in [1.29, 1.82) is 0 Å². The Bertz CT molecular complexity index is 1160. The van der Waals surface area contributed by atoms with E-state index in [0.717, 1.165) is 21.3 Å². The van der Waals surface area contributed by atoms with Gasteiger partial charge in [-0.25, -0.2) is 8.42 Å². The van der Waals surface area contributed by atoms with Crippen molar-refractivity contribution in [2.75, 3.05) is 30.3 Å². The third-order valence-electron chi connectivity index (χ3n) is 4.61. The third kappa shape index (κ3) is 5.43. The first-order valence-electron chi connectivity index (χ1n) is 9.37. The summed E-state index contributed by atoms with van der Waals surface area (Å²) in [5, 5.41) is 5.32. The molecule has 30 heavy (non-hydrogen) atoms. The molecule has 3 aromatic carbocycles. The van der Waals surface area contributed by atoms with Crippen LogP contribution in [0.4, 0.5) is 5.69 Å². The number of sulfonamides is 1. The highest BCUT2D eigenvalue weighted by Gasteiger charge is 2.22. The first-order chi connectivity index (χ1) is 14.3. The van der Waals surface area contributed by atoms with Gasteiger partial charge < -0.3 is 10.1 Å². The summed E-state index contributed by atoms with van der Waals surface area (Å²) in [6.07, 6.45) is 1.06. The number of amides is 1. The number of fused-ring (bicyclic) bond motifs is 1. The van der Waals surface area contributed by atoms with Gasteiger partial charge in [-0.1, -0.05) is 48.0 Å². The molecule has 0 aliphatic heterocycles. The molecule has 3 aromatic rings. The highest BCUT2D eigenvalue weighted by Crippen LogP contribution is 2.28. The Morgan fingerprint density at radius 2 is 1.80 bits per heavy atom. The highest BCUT2D eigenvalue weighted by atomic mass is 35.5. The molecule has 3 rings (SSSR count). The number of ether oxygens (including phenoxy) is 1. The fourth-order valence-corrected chi connectivity index (χ4v) is 4.13. The van der Waals surface area contributed by atoms with Gasteiger partial charge in [0, 0.05) is 5.02 Å². The largest absolute Gasteiger partial charge is 0.492 e. The van der Waals surface area contributed by atoms with Crippen molar-refractivity contribution in [2.45, 2.75) is 6.92 Å².